The van der Waals surface area contributed by atoms with Crippen molar-refractivity contribution in [3.05, 3.63) is 11.7 Å². The summed E-state index contributed by atoms with van der Waals surface area (Å²) in [6.45, 7) is 7.24. The zero-order valence-corrected chi connectivity index (χ0v) is 14.1. The lowest BCUT2D eigenvalue weighted by Crippen LogP contribution is -2.31. The smallest absolute Gasteiger partial charge is 0.243 e. The molecule has 1 aromatic rings. The molecule has 2 heterocycles. The third-order valence-electron chi connectivity index (χ3n) is 5.00. The van der Waals surface area contributed by atoms with E-state index >= 15 is 0 Å². The minimum absolute atomic E-state index is 0.0220. The van der Waals surface area contributed by atoms with Crippen LogP contribution in [0.3, 0.4) is 0 Å². The predicted octanol–water partition coefficient (Wildman–Crippen LogP) is 3.73. The SMILES string of the molecule is CC(NCC1CCC(C)(C)O1)c1nc(C2CCCCC2)no1. The highest BCUT2D eigenvalue weighted by Gasteiger charge is 2.32. The fourth-order valence-electron chi connectivity index (χ4n) is 3.57. The monoisotopic (exact) mass is 307 g/mol. The van der Waals surface area contributed by atoms with Crippen molar-refractivity contribution in [3.63, 3.8) is 0 Å². The van der Waals surface area contributed by atoms with Gasteiger partial charge in [0.2, 0.25) is 5.89 Å². The van der Waals surface area contributed by atoms with Crippen LogP contribution in [0.15, 0.2) is 4.52 Å². The molecule has 1 aliphatic heterocycles. The third-order valence-corrected chi connectivity index (χ3v) is 5.00. The van der Waals surface area contributed by atoms with E-state index in [0.717, 1.165) is 25.2 Å². The zero-order valence-electron chi connectivity index (χ0n) is 14.1. The van der Waals surface area contributed by atoms with E-state index in [9.17, 15) is 0 Å². The fourth-order valence-corrected chi connectivity index (χ4v) is 3.57. The average Bonchev–Trinajstić information content (AvgIpc) is 3.12. The molecule has 0 aromatic carbocycles. The van der Waals surface area contributed by atoms with Crippen molar-refractivity contribution >= 4 is 0 Å². The molecule has 124 valence electrons. The molecule has 5 nitrogen and oxygen atoms in total. The van der Waals surface area contributed by atoms with Crippen LogP contribution in [0, 0.1) is 0 Å². The van der Waals surface area contributed by atoms with E-state index in [-0.39, 0.29) is 17.7 Å². The standard InChI is InChI=1S/C17H29N3O2/c1-12(18-11-14-9-10-17(2,3)21-14)16-19-15(20-22-16)13-7-5-4-6-8-13/h12-14,18H,4-11H2,1-3H3. The summed E-state index contributed by atoms with van der Waals surface area (Å²) in [6, 6.07) is 0.0807. The van der Waals surface area contributed by atoms with Gasteiger partial charge < -0.3 is 14.6 Å². The van der Waals surface area contributed by atoms with Crippen molar-refractivity contribution in [2.24, 2.45) is 0 Å². The number of nitrogens with zero attached hydrogens (tertiary/aromatic N) is 2. The van der Waals surface area contributed by atoms with Gasteiger partial charge in [-0.25, -0.2) is 0 Å². The van der Waals surface area contributed by atoms with Gasteiger partial charge >= 0.3 is 0 Å². The first-order chi connectivity index (χ1) is 10.5. The summed E-state index contributed by atoms with van der Waals surface area (Å²) in [7, 11) is 0. The first-order valence-corrected chi connectivity index (χ1v) is 8.78. The fraction of sp³-hybridized carbons (Fsp3) is 0.882. The van der Waals surface area contributed by atoms with Crippen LogP contribution in [-0.2, 0) is 4.74 Å². The molecule has 2 aliphatic rings. The Labute approximate surface area is 133 Å². The second-order valence-corrected chi connectivity index (χ2v) is 7.49. The van der Waals surface area contributed by atoms with Crippen molar-refractivity contribution in [3.8, 4) is 0 Å². The number of aromatic nitrogens is 2. The molecule has 5 heteroatoms. The Morgan fingerprint density at radius 1 is 1.23 bits per heavy atom. The van der Waals surface area contributed by atoms with Gasteiger partial charge in [0, 0.05) is 12.5 Å². The Hall–Kier alpha value is -0.940. The van der Waals surface area contributed by atoms with Crippen LogP contribution in [-0.4, -0.2) is 28.4 Å². The first kappa shape index (κ1) is 15.9. The molecule has 1 aliphatic carbocycles. The Bertz CT molecular complexity index is 480. The minimum atomic E-state index is 0.0220. The maximum Gasteiger partial charge on any atom is 0.243 e. The number of rotatable bonds is 5. The normalized spacial score (nSPS) is 27.1. The van der Waals surface area contributed by atoms with Crippen molar-refractivity contribution in [2.75, 3.05) is 6.54 Å². The molecular weight excluding hydrogens is 278 g/mol. The van der Waals surface area contributed by atoms with E-state index in [2.05, 4.69) is 36.2 Å². The maximum absolute atomic E-state index is 6.01. The zero-order chi connectivity index (χ0) is 15.6. The van der Waals surface area contributed by atoms with Crippen LogP contribution in [0.4, 0.5) is 0 Å². The molecule has 0 spiro atoms. The Balaban J connectivity index is 1.50. The average molecular weight is 307 g/mol. The quantitative estimate of drug-likeness (QED) is 0.898. The summed E-state index contributed by atoms with van der Waals surface area (Å²) in [5, 5.41) is 7.68. The molecule has 2 atom stereocenters. The van der Waals surface area contributed by atoms with Crippen LogP contribution in [0.5, 0.6) is 0 Å². The largest absolute Gasteiger partial charge is 0.371 e. The Kier molecular flexibility index (Phi) is 4.83. The number of hydrogen-bond acceptors (Lipinski definition) is 5. The second-order valence-electron chi connectivity index (χ2n) is 7.49. The number of ether oxygens (including phenoxy) is 1. The van der Waals surface area contributed by atoms with Gasteiger partial charge in [0.1, 0.15) is 0 Å². The van der Waals surface area contributed by atoms with E-state index in [1.165, 1.54) is 32.1 Å². The third kappa shape index (κ3) is 3.87. The van der Waals surface area contributed by atoms with Crippen molar-refractivity contribution < 1.29 is 9.26 Å². The Morgan fingerprint density at radius 3 is 2.68 bits per heavy atom. The van der Waals surface area contributed by atoms with E-state index < -0.39 is 0 Å². The van der Waals surface area contributed by atoms with Gasteiger partial charge in [-0.15, -0.1) is 0 Å². The van der Waals surface area contributed by atoms with Crippen molar-refractivity contribution in [2.45, 2.75) is 89.4 Å². The molecule has 1 aromatic heterocycles. The highest BCUT2D eigenvalue weighted by Crippen LogP contribution is 2.32. The topological polar surface area (TPSA) is 60.2 Å². The van der Waals surface area contributed by atoms with Gasteiger partial charge in [0.05, 0.1) is 17.7 Å². The van der Waals surface area contributed by atoms with E-state index in [1.807, 2.05) is 0 Å². The number of nitrogens with one attached hydrogen (secondary N) is 1. The lowest BCUT2D eigenvalue weighted by Gasteiger charge is -2.20. The molecular formula is C17H29N3O2. The molecule has 2 fully saturated rings. The minimum Gasteiger partial charge on any atom is -0.371 e. The molecule has 0 radical (unpaired) electrons. The summed E-state index contributed by atoms with van der Waals surface area (Å²) in [5.41, 5.74) is 0.0220. The van der Waals surface area contributed by atoms with Gasteiger partial charge in [0.15, 0.2) is 5.82 Å². The summed E-state index contributed by atoms with van der Waals surface area (Å²) in [6.07, 6.45) is 8.85. The first-order valence-electron chi connectivity index (χ1n) is 8.78. The van der Waals surface area contributed by atoms with Crippen LogP contribution < -0.4 is 5.32 Å². The van der Waals surface area contributed by atoms with Gasteiger partial charge in [-0.3, -0.25) is 0 Å². The van der Waals surface area contributed by atoms with Gasteiger partial charge in [-0.2, -0.15) is 4.98 Å². The molecule has 0 amide bonds. The molecule has 3 rings (SSSR count). The molecule has 1 N–H and O–H groups in total. The highest BCUT2D eigenvalue weighted by molar-refractivity contribution is 4.99. The lowest BCUT2D eigenvalue weighted by molar-refractivity contribution is -0.0152. The van der Waals surface area contributed by atoms with Gasteiger partial charge in [-0.1, -0.05) is 24.4 Å². The summed E-state index contributed by atoms with van der Waals surface area (Å²) in [5.74, 6) is 2.11. The molecule has 22 heavy (non-hydrogen) atoms. The van der Waals surface area contributed by atoms with Crippen molar-refractivity contribution in [1.29, 1.82) is 0 Å². The summed E-state index contributed by atoms with van der Waals surface area (Å²) < 4.78 is 11.5. The van der Waals surface area contributed by atoms with E-state index in [0.29, 0.717) is 11.8 Å². The molecule has 1 saturated carbocycles. The van der Waals surface area contributed by atoms with Crippen LogP contribution in [0.25, 0.3) is 0 Å². The highest BCUT2D eigenvalue weighted by atomic mass is 16.5. The van der Waals surface area contributed by atoms with E-state index in [4.69, 9.17) is 9.26 Å². The van der Waals surface area contributed by atoms with E-state index in [1.54, 1.807) is 0 Å². The lowest BCUT2D eigenvalue weighted by atomic mass is 9.89. The Morgan fingerprint density at radius 2 is 2.00 bits per heavy atom. The summed E-state index contributed by atoms with van der Waals surface area (Å²) in [4.78, 5) is 4.63. The van der Waals surface area contributed by atoms with Crippen LogP contribution in [0.2, 0.25) is 0 Å². The summed E-state index contributed by atoms with van der Waals surface area (Å²) >= 11 is 0. The predicted molar refractivity (Wildman–Crippen MR) is 84.7 cm³/mol. The molecule has 1 saturated heterocycles. The molecule has 0 bridgehead atoms. The maximum atomic E-state index is 6.01. The number of hydrogen-bond donors (Lipinski definition) is 1. The van der Waals surface area contributed by atoms with Crippen LogP contribution >= 0.6 is 0 Å². The second kappa shape index (κ2) is 6.67. The van der Waals surface area contributed by atoms with Gasteiger partial charge in [0.25, 0.3) is 0 Å². The van der Waals surface area contributed by atoms with Crippen molar-refractivity contribution in [1.82, 2.24) is 15.5 Å². The van der Waals surface area contributed by atoms with Gasteiger partial charge in [-0.05, 0) is 46.5 Å². The molecule has 2 unspecified atom stereocenters. The van der Waals surface area contributed by atoms with Crippen LogP contribution in [0.1, 0.15) is 89.4 Å².